The minimum atomic E-state index is -3.77. The summed E-state index contributed by atoms with van der Waals surface area (Å²) in [4.78, 5) is 13.3. The second-order valence-electron chi connectivity index (χ2n) is 3.76. The van der Waals surface area contributed by atoms with Crippen LogP contribution in [0.1, 0.15) is 6.92 Å². The standard InChI is InChI=1S/C9H18BrN3O4S/c1-2-17-9(14)11-18(15,16)13-7-5-12(4-3-10)6-8-13/h2-8H2,1H3,(H,11,14). The van der Waals surface area contributed by atoms with E-state index in [2.05, 4.69) is 25.6 Å². The Kier molecular flexibility index (Phi) is 6.33. The van der Waals surface area contributed by atoms with Crippen LogP contribution in [0.15, 0.2) is 0 Å². The molecule has 18 heavy (non-hydrogen) atoms. The third-order valence-electron chi connectivity index (χ3n) is 2.56. The zero-order valence-corrected chi connectivity index (χ0v) is 12.7. The summed E-state index contributed by atoms with van der Waals surface area (Å²) in [7, 11) is -3.77. The zero-order chi connectivity index (χ0) is 13.6. The van der Waals surface area contributed by atoms with Crippen molar-refractivity contribution >= 4 is 32.2 Å². The lowest BCUT2D eigenvalue weighted by molar-refractivity contribution is 0.156. The van der Waals surface area contributed by atoms with Crippen LogP contribution < -0.4 is 4.72 Å². The monoisotopic (exact) mass is 343 g/mol. The number of halogens is 1. The fourth-order valence-electron chi connectivity index (χ4n) is 1.64. The number of piperazine rings is 1. The van der Waals surface area contributed by atoms with Crippen molar-refractivity contribution in [1.29, 1.82) is 0 Å². The Morgan fingerprint density at radius 2 is 1.94 bits per heavy atom. The first-order chi connectivity index (χ1) is 8.49. The largest absolute Gasteiger partial charge is 0.449 e. The lowest BCUT2D eigenvalue weighted by Crippen LogP contribution is -2.53. The summed E-state index contributed by atoms with van der Waals surface area (Å²) in [6.45, 7) is 4.72. The molecule has 0 radical (unpaired) electrons. The Bertz CT molecular complexity index is 368. The summed E-state index contributed by atoms with van der Waals surface area (Å²) in [5.74, 6) is 0. The molecule has 7 nitrogen and oxygen atoms in total. The average molecular weight is 344 g/mol. The van der Waals surface area contributed by atoms with Gasteiger partial charge in [0.15, 0.2) is 0 Å². The molecule has 1 aliphatic rings. The van der Waals surface area contributed by atoms with E-state index in [-0.39, 0.29) is 6.61 Å². The lowest BCUT2D eigenvalue weighted by Gasteiger charge is -2.33. The van der Waals surface area contributed by atoms with E-state index in [0.29, 0.717) is 26.2 Å². The predicted molar refractivity (Wildman–Crippen MR) is 70.9 cm³/mol. The molecule has 1 aliphatic heterocycles. The van der Waals surface area contributed by atoms with Crippen LogP contribution in [0.5, 0.6) is 0 Å². The van der Waals surface area contributed by atoms with Gasteiger partial charge in [-0.05, 0) is 6.92 Å². The van der Waals surface area contributed by atoms with Gasteiger partial charge in [-0.1, -0.05) is 15.9 Å². The molecule has 0 aliphatic carbocycles. The van der Waals surface area contributed by atoms with Crippen molar-refractivity contribution < 1.29 is 17.9 Å². The second-order valence-corrected chi connectivity index (χ2v) is 6.22. The van der Waals surface area contributed by atoms with Gasteiger partial charge in [0.25, 0.3) is 0 Å². The SMILES string of the molecule is CCOC(=O)NS(=O)(=O)N1CCN(CCBr)CC1. The van der Waals surface area contributed by atoms with Crippen LogP contribution in [-0.4, -0.2) is 68.4 Å². The quantitative estimate of drug-likeness (QED) is 0.710. The number of nitrogens with one attached hydrogen (secondary N) is 1. The summed E-state index contributed by atoms with van der Waals surface area (Å²) in [5.41, 5.74) is 0. The smallest absolute Gasteiger partial charge is 0.421 e. The lowest BCUT2D eigenvalue weighted by atomic mass is 10.4. The molecule has 0 aromatic carbocycles. The summed E-state index contributed by atoms with van der Waals surface area (Å²) < 4.78 is 31.3. The molecule has 9 heteroatoms. The van der Waals surface area contributed by atoms with Crippen LogP contribution in [0.25, 0.3) is 0 Å². The van der Waals surface area contributed by atoms with Gasteiger partial charge in [-0.25, -0.2) is 9.52 Å². The van der Waals surface area contributed by atoms with Crippen molar-refractivity contribution in [3.05, 3.63) is 0 Å². The molecule has 106 valence electrons. The number of carbonyl (C=O) groups is 1. The van der Waals surface area contributed by atoms with Gasteiger partial charge < -0.3 is 4.74 Å². The molecule has 0 saturated carbocycles. The molecule has 1 fully saturated rings. The highest BCUT2D eigenvalue weighted by Crippen LogP contribution is 2.06. The maximum atomic E-state index is 11.8. The van der Waals surface area contributed by atoms with E-state index < -0.39 is 16.3 Å². The number of carbonyl (C=O) groups excluding carboxylic acids is 1. The van der Waals surface area contributed by atoms with E-state index in [1.165, 1.54) is 4.31 Å². The van der Waals surface area contributed by atoms with E-state index in [0.717, 1.165) is 11.9 Å². The van der Waals surface area contributed by atoms with Crippen LogP contribution >= 0.6 is 15.9 Å². The number of nitrogens with zero attached hydrogens (tertiary/aromatic N) is 2. The van der Waals surface area contributed by atoms with Gasteiger partial charge in [-0.15, -0.1) is 0 Å². The van der Waals surface area contributed by atoms with Gasteiger partial charge in [0, 0.05) is 38.1 Å². The van der Waals surface area contributed by atoms with Crippen LogP contribution in [0.3, 0.4) is 0 Å². The minimum absolute atomic E-state index is 0.139. The molecule has 0 atom stereocenters. The molecule has 0 bridgehead atoms. The Balaban J connectivity index is 2.47. The van der Waals surface area contributed by atoms with Gasteiger partial charge in [0.05, 0.1) is 6.61 Å². The number of alkyl halides is 1. The molecular weight excluding hydrogens is 326 g/mol. The Hall–Kier alpha value is -0.380. The minimum Gasteiger partial charge on any atom is -0.449 e. The second kappa shape index (κ2) is 7.27. The number of hydrogen-bond acceptors (Lipinski definition) is 5. The molecule has 1 amide bonds. The van der Waals surface area contributed by atoms with Gasteiger partial charge in [-0.3, -0.25) is 4.90 Å². The molecule has 1 heterocycles. The van der Waals surface area contributed by atoms with Crippen molar-refractivity contribution in [2.75, 3.05) is 44.7 Å². The normalized spacial score (nSPS) is 18.6. The third-order valence-corrected chi connectivity index (χ3v) is 4.38. The van der Waals surface area contributed by atoms with E-state index in [9.17, 15) is 13.2 Å². The summed E-state index contributed by atoms with van der Waals surface area (Å²) in [6.07, 6.45) is -0.930. The fourth-order valence-corrected chi connectivity index (χ4v) is 3.19. The molecular formula is C9H18BrN3O4S. The van der Waals surface area contributed by atoms with Crippen molar-refractivity contribution in [2.24, 2.45) is 0 Å². The first-order valence-electron chi connectivity index (χ1n) is 5.72. The summed E-state index contributed by atoms with van der Waals surface area (Å²) in [5, 5.41) is 0.862. The van der Waals surface area contributed by atoms with Crippen LogP contribution in [0, 0.1) is 0 Å². The average Bonchev–Trinajstić information content (AvgIpc) is 2.29. The Labute approximate surface area is 116 Å². The first kappa shape index (κ1) is 15.7. The highest BCUT2D eigenvalue weighted by molar-refractivity contribution is 9.09. The Morgan fingerprint density at radius 1 is 1.33 bits per heavy atom. The summed E-state index contributed by atoms with van der Waals surface area (Å²) in [6, 6.07) is 0. The molecule has 0 spiro atoms. The highest BCUT2D eigenvalue weighted by Gasteiger charge is 2.28. The van der Waals surface area contributed by atoms with E-state index in [1.54, 1.807) is 6.92 Å². The topological polar surface area (TPSA) is 78.9 Å². The van der Waals surface area contributed by atoms with Crippen molar-refractivity contribution in [2.45, 2.75) is 6.92 Å². The van der Waals surface area contributed by atoms with Gasteiger partial charge >= 0.3 is 16.3 Å². The maximum absolute atomic E-state index is 11.8. The van der Waals surface area contributed by atoms with Gasteiger partial charge in [0.2, 0.25) is 0 Å². The fraction of sp³-hybridized carbons (Fsp3) is 0.889. The number of hydrogen-bond donors (Lipinski definition) is 1. The van der Waals surface area contributed by atoms with Crippen LogP contribution in [-0.2, 0) is 14.9 Å². The predicted octanol–water partition coefficient (Wildman–Crippen LogP) is -0.0102. The van der Waals surface area contributed by atoms with Gasteiger partial charge in [-0.2, -0.15) is 12.7 Å². The van der Waals surface area contributed by atoms with Crippen molar-refractivity contribution in [3.8, 4) is 0 Å². The molecule has 0 aromatic rings. The highest BCUT2D eigenvalue weighted by atomic mass is 79.9. The van der Waals surface area contributed by atoms with Crippen molar-refractivity contribution in [3.63, 3.8) is 0 Å². The van der Waals surface area contributed by atoms with Crippen LogP contribution in [0.4, 0.5) is 4.79 Å². The number of rotatable bonds is 5. The molecule has 0 aromatic heterocycles. The van der Waals surface area contributed by atoms with E-state index >= 15 is 0 Å². The summed E-state index contributed by atoms with van der Waals surface area (Å²) >= 11 is 3.34. The van der Waals surface area contributed by atoms with Crippen LogP contribution in [0.2, 0.25) is 0 Å². The number of amides is 1. The van der Waals surface area contributed by atoms with E-state index in [4.69, 9.17) is 0 Å². The molecule has 1 saturated heterocycles. The third kappa shape index (κ3) is 4.71. The molecule has 1 rings (SSSR count). The maximum Gasteiger partial charge on any atom is 0.421 e. The number of ether oxygens (including phenoxy) is 1. The van der Waals surface area contributed by atoms with E-state index in [1.807, 2.05) is 4.72 Å². The molecule has 0 unspecified atom stereocenters. The van der Waals surface area contributed by atoms with Gasteiger partial charge in [0.1, 0.15) is 0 Å². The first-order valence-corrected chi connectivity index (χ1v) is 8.28. The Morgan fingerprint density at radius 3 is 2.44 bits per heavy atom. The molecule has 1 N–H and O–H groups in total. The zero-order valence-electron chi connectivity index (χ0n) is 10.3. The van der Waals surface area contributed by atoms with Crippen molar-refractivity contribution in [1.82, 2.24) is 13.9 Å².